The molecule has 6 heteroatoms. The third kappa shape index (κ3) is 61.8. The number of ether oxygens (including phenoxy) is 3. The number of carbonyl (C=O) groups excluding carboxylic acids is 3. The average Bonchev–Trinajstić information content (AvgIpc) is 3.43. The normalized spacial score (nSPS) is 13.2. The fourth-order valence-electron chi connectivity index (χ4n) is 7.97. The summed E-state index contributed by atoms with van der Waals surface area (Å²) in [6.45, 7) is 6.24. The van der Waals surface area contributed by atoms with Gasteiger partial charge in [0.25, 0.3) is 0 Å². The van der Waals surface area contributed by atoms with Gasteiger partial charge >= 0.3 is 17.9 Å². The molecule has 432 valence electrons. The van der Waals surface area contributed by atoms with Gasteiger partial charge in [-0.1, -0.05) is 269 Å². The molecule has 0 fully saturated rings. The van der Waals surface area contributed by atoms with Gasteiger partial charge in [0.2, 0.25) is 0 Å². The fourth-order valence-corrected chi connectivity index (χ4v) is 7.97. The zero-order valence-electron chi connectivity index (χ0n) is 49.4. The highest BCUT2D eigenvalue weighted by molar-refractivity contribution is 5.72. The van der Waals surface area contributed by atoms with E-state index in [1.165, 1.54) is 70.6 Å². The quantitative estimate of drug-likeness (QED) is 0.0261. The Kier molecular flexibility index (Phi) is 59.5. The monoisotopic (exact) mass is 1060 g/mol. The first-order valence-corrected chi connectivity index (χ1v) is 31.0. The van der Waals surface area contributed by atoms with Crippen LogP contribution in [0.2, 0.25) is 0 Å². The van der Waals surface area contributed by atoms with Crippen molar-refractivity contribution in [2.24, 2.45) is 0 Å². The Morgan fingerprint density at radius 1 is 0.286 bits per heavy atom. The first-order chi connectivity index (χ1) is 38.0. The van der Waals surface area contributed by atoms with Gasteiger partial charge in [0.15, 0.2) is 6.10 Å². The maximum atomic E-state index is 12.8. The number of rotatable bonds is 54. The van der Waals surface area contributed by atoms with Gasteiger partial charge in [-0.25, -0.2) is 0 Å². The molecule has 1 atom stereocenters. The molecule has 0 spiro atoms. The average molecular weight is 1060 g/mol. The molecule has 77 heavy (non-hydrogen) atoms. The van der Waals surface area contributed by atoms with Crippen molar-refractivity contribution in [3.63, 3.8) is 0 Å². The largest absolute Gasteiger partial charge is 0.462 e. The van der Waals surface area contributed by atoms with E-state index in [1.54, 1.807) is 6.08 Å². The van der Waals surface area contributed by atoms with Gasteiger partial charge in [-0.15, -0.1) is 0 Å². The summed E-state index contributed by atoms with van der Waals surface area (Å²) < 4.78 is 16.7. The van der Waals surface area contributed by atoms with Crippen LogP contribution in [0.4, 0.5) is 0 Å². The third-order valence-corrected chi connectivity index (χ3v) is 12.5. The van der Waals surface area contributed by atoms with Crippen LogP contribution in [0, 0.1) is 0 Å². The Hall–Kier alpha value is -4.97. The first kappa shape index (κ1) is 72.0. The molecule has 0 aromatic rings. The summed E-state index contributed by atoms with van der Waals surface area (Å²) in [7, 11) is 0. The Labute approximate surface area is 473 Å². The second-order valence-corrected chi connectivity index (χ2v) is 19.9. The predicted molar refractivity (Wildman–Crippen MR) is 334 cm³/mol. The molecule has 0 radical (unpaired) electrons. The molecule has 0 aliphatic carbocycles. The minimum absolute atomic E-state index is 0.0873. The maximum absolute atomic E-state index is 12.8. The zero-order chi connectivity index (χ0) is 55.7. The van der Waals surface area contributed by atoms with Crippen molar-refractivity contribution in [1.29, 1.82) is 0 Å². The summed E-state index contributed by atoms with van der Waals surface area (Å²) in [6, 6.07) is 0. The van der Waals surface area contributed by atoms with Crippen molar-refractivity contribution in [2.45, 2.75) is 258 Å². The van der Waals surface area contributed by atoms with E-state index in [2.05, 4.69) is 167 Å². The number of carbonyl (C=O) groups is 3. The van der Waals surface area contributed by atoms with Gasteiger partial charge in [-0.05, 0) is 122 Å². The zero-order valence-corrected chi connectivity index (χ0v) is 49.4. The van der Waals surface area contributed by atoms with Crippen molar-refractivity contribution >= 4 is 17.9 Å². The van der Waals surface area contributed by atoms with E-state index < -0.39 is 12.1 Å². The van der Waals surface area contributed by atoms with Crippen LogP contribution in [0.15, 0.2) is 158 Å². The molecule has 0 saturated heterocycles. The van der Waals surface area contributed by atoms with Crippen molar-refractivity contribution in [3.8, 4) is 0 Å². The van der Waals surface area contributed by atoms with Crippen LogP contribution in [-0.4, -0.2) is 37.2 Å². The highest BCUT2D eigenvalue weighted by Gasteiger charge is 2.19. The molecular formula is C71H112O6. The van der Waals surface area contributed by atoms with Crippen LogP contribution in [0.25, 0.3) is 0 Å². The Balaban J connectivity index is 4.33. The molecule has 0 aliphatic heterocycles. The molecule has 0 saturated carbocycles. The summed E-state index contributed by atoms with van der Waals surface area (Å²) >= 11 is 0. The molecule has 0 aromatic carbocycles. The van der Waals surface area contributed by atoms with E-state index in [1.807, 2.05) is 6.08 Å². The van der Waals surface area contributed by atoms with Gasteiger partial charge in [0, 0.05) is 12.8 Å². The lowest BCUT2D eigenvalue weighted by molar-refractivity contribution is -0.166. The van der Waals surface area contributed by atoms with E-state index in [0.29, 0.717) is 19.3 Å². The number of hydrogen-bond donors (Lipinski definition) is 0. The van der Waals surface area contributed by atoms with Crippen molar-refractivity contribution in [3.05, 3.63) is 158 Å². The number of unbranched alkanes of at least 4 members (excludes halogenated alkanes) is 18. The van der Waals surface area contributed by atoms with Gasteiger partial charge in [0.1, 0.15) is 13.2 Å². The third-order valence-electron chi connectivity index (χ3n) is 12.5. The molecule has 0 aliphatic rings. The lowest BCUT2D eigenvalue weighted by atomic mass is 10.0. The topological polar surface area (TPSA) is 78.9 Å². The van der Waals surface area contributed by atoms with E-state index in [-0.39, 0.29) is 31.6 Å². The molecule has 0 heterocycles. The maximum Gasteiger partial charge on any atom is 0.310 e. The smallest absolute Gasteiger partial charge is 0.310 e. The van der Waals surface area contributed by atoms with Crippen molar-refractivity contribution in [1.82, 2.24) is 0 Å². The second-order valence-electron chi connectivity index (χ2n) is 19.9. The van der Waals surface area contributed by atoms with E-state index in [9.17, 15) is 14.4 Å². The number of allylic oxidation sites excluding steroid dienone is 25. The van der Waals surface area contributed by atoms with Crippen molar-refractivity contribution in [2.75, 3.05) is 13.2 Å². The minimum Gasteiger partial charge on any atom is -0.462 e. The minimum atomic E-state index is -0.846. The summed E-state index contributed by atoms with van der Waals surface area (Å²) in [4.78, 5) is 38.1. The van der Waals surface area contributed by atoms with Crippen LogP contribution in [-0.2, 0) is 28.6 Å². The molecular weight excluding hydrogens is 949 g/mol. The van der Waals surface area contributed by atoms with Crippen LogP contribution in [0.3, 0.4) is 0 Å². The molecule has 1 unspecified atom stereocenters. The molecule has 0 rings (SSSR count). The molecule has 0 aromatic heterocycles. The van der Waals surface area contributed by atoms with Crippen LogP contribution >= 0.6 is 0 Å². The van der Waals surface area contributed by atoms with E-state index >= 15 is 0 Å². The standard InChI is InChI=1S/C71H112O6/c1-4-7-10-13-16-19-22-25-27-28-29-30-31-32-33-34-35-36-37-38-39-40-41-42-44-46-49-52-55-58-61-64-70(73)76-67-68(66-75-69(72)63-60-57-54-51-48-45-24-21-18-15-12-9-6-3)77-71(74)65-62-59-56-53-50-47-43-26-23-20-17-14-11-8-5-2/h7-8,10-12,15-17,19-21,24-27,29-30,32-33,35-36,43,50,53,59,62,68H,4-6,9,13-14,18,22-23,28,31,34,37-42,44-49,51-52,54-58,60-61,63-67H2,1-3H3/b10-7-,11-8-,15-12-,19-16-,20-17-,24-21-,27-25-,30-29-,33-32-,36-35-,43-26-,53-50-,62-59-. The van der Waals surface area contributed by atoms with Crippen LogP contribution in [0.1, 0.15) is 252 Å². The SMILES string of the molecule is CC/C=C\C/C=C\C/C=C\C/C=C\C/C=C\C/C=C\CCCCCCCCCCCCCCC(=O)OCC(COC(=O)CCCCCCC/C=C\C/C=C\CCC)OC(=O)C/C=C\C/C=C\C/C=C\C/C=C\C/C=C\CC. The second kappa shape index (κ2) is 63.6. The predicted octanol–water partition coefficient (Wildman–Crippen LogP) is 21.3. The molecule has 0 N–H and O–H groups in total. The number of hydrogen-bond acceptors (Lipinski definition) is 6. The number of esters is 3. The Bertz CT molecular complexity index is 1740. The first-order valence-electron chi connectivity index (χ1n) is 31.0. The Morgan fingerprint density at radius 3 is 0.857 bits per heavy atom. The van der Waals surface area contributed by atoms with Crippen molar-refractivity contribution < 1.29 is 28.6 Å². The Morgan fingerprint density at radius 2 is 0.545 bits per heavy atom. The summed E-state index contributed by atoms with van der Waals surface area (Å²) in [5.41, 5.74) is 0. The van der Waals surface area contributed by atoms with E-state index in [4.69, 9.17) is 14.2 Å². The summed E-state index contributed by atoms with van der Waals surface area (Å²) in [5, 5.41) is 0. The van der Waals surface area contributed by atoms with Gasteiger partial charge < -0.3 is 14.2 Å². The molecule has 6 nitrogen and oxygen atoms in total. The summed E-state index contributed by atoms with van der Waals surface area (Å²) in [6.07, 6.45) is 92.8. The van der Waals surface area contributed by atoms with Crippen LogP contribution < -0.4 is 0 Å². The molecule has 0 amide bonds. The van der Waals surface area contributed by atoms with E-state index in [0.717, 1.165) is 135 Å². The van der Waals surface area contributed by atoms with Gasteiger partial charge in [-0.2, -0.15) is 0 Å². The lowest BCUT2D eigenvalue weighted by Gasteiger charge is -2.18. The highest BCUT2D eigenvalue weighted by Crippen LogP contribution is 2.15. The van der Waals surface area contributed by atoms with Gasteiger partial charge in [-0.3, -0.25) is 14.4 Å². The summed E-state index contributed by atoms with van der Waals surface area (Å²) in [5.74, 6) is -1.08. The highest BCUT2D eigenvalue weighted by atomic mass is 16.6. The van der Waals surface area contributed by atoms with Crippen LogP contribution in [0.5, 0.6) is 0 Å². The fraction of sp³-hybridized carbons (Fsp3) is 0.592. The van der Waals surface area contributed by atoms with Gasteiger partial charge in [0.05, 0.1) is 6.42 Å². The molecule has 0 bridgehead atoms. The lowest BCUT2D eigenvalue weighted by Crippen LogP contribution is -2.30.